The maximum Gasteiger partial charge on any atom is 0.335 e. The normalized spacial score (nSPS) is 20.2. The average molecular weight is 372 g/mol. The molecule has 0 aromatic carbocycles. The smallest absolute Gasteiger partial charge is 0.335 e. The van der Waals surface area contributed by atoms with Crippen LogP contribution in [0.4, 0.5) is 0 Å². The Morgan fingerprint density at radius 1 is 1.27 bits per heavy atom. The minimum Gasteiger partial charge on any atom is -0.480 e. The molecule has 2 amide bonds. The van der Waals surface area contributed by atoms with E-state index in [0.717, 1.165) is 0 Å². The third-order valence-electron chi connectivity index (χ3n) is 4.55. The number of amides is 2. The van der Waals surface area contributed by atoms with Gasteiger partial charge in [-0.15, -0.1) is 0 Å². The molecule has 0 aliphatic carbocycles. The van der Waals surface area contributed by atoms with Gasteiger partial charge >= 0.3 is 11.9 Å². The monoisotopic (exact) mass is 372 g/mol. The predicted molar refractivity (Wildman–Crippen MR) is 91.0 cm³/mol. The lowest BCUT2D eigenvalue weighted by atomic mass is 9.97. The van der Waals surface area contributed by atoms with Gasteiger partial charge in [-0.2, -0.15) is 0 Å². The molecule has 9 nitrogen and oxygen atoms in total. The molecule has 0 aromatic heterocycles. The molecule has 1 heterocycles. The molecule has 1 saturated heterocycles. The van der Waals surface area contributed by atoms with Crippen molar-refractivity contribution in [1.29, 1.82) is 0 Å². The van der Waals surface area contributed by atoms with E-state index in [1.54, 1.807) is 13.8 Å². The molecule has 1 aliphatic heterocycles. The van der Waals surface area contributed by atoms with Gasteiger partial charge in [0.1, 0.15) is 12.1 Å². The minimum atomic E-state index is -1.61. The third-order valence-corrected chi connectivity index (χ3v) is 4.55. The van der Waals surface area contributed by atoms with Gasteiger partial charge in [0.15, 0.2) is 6.10 Å². The number of nitrogens with one attached hydrogen (secondary N) is 1. The molecule has 0 saturated carbocycles. The van der Waals surface area contributed by atoms with Gasteiger partial charge in [0.05, 0.1) is 13.0 Å². The van der Waals surface area contributed by atoms with Crippen molar-refractivity contribution in [2.45, 2.75) is 64.6 Å². The predicted octanol–water partition coefficient (Wildman–Crippen LogP) is -0.0930. The first-order valence-electron chi connectivity index (χ1n) is 8.90. The maximum absolute atomic E-state index is 12.8. The van der Waals surface area contributed by atoms with E-state index in [-0.39, 0.29) is 12.5 Å². The topological polar surface area (TPSA) is 133 Å². The molecular weight excluding hydrogens is 344 g/mol. The Morgan fingerprint density at radius 3 is 2.46 bits per heavy atom. The van der Waals surface area contributed by atoms with Crippen LogP contribution in [0.25, 0.3) is 0 Å². The van der Waals surface area contributed by atoms with E-state index in [0.29, 0.717) is 25.8 Å². The van der Waals surface area contributed by atoms with Crippen LogP contribution in [0.15, 0.2) is 0 Å². The van der Waals surface area contributed by atoms with Crippen LogP contribution in [0.1, 0.15) is 46.5 Å². The molecule has 148 valence electrons. The van der Waals surface area contributed by atoms with Gasteiger partial charge in [0.2, 0.25) is 11.8 Å². The van der Waals surface area contributed by atoms with Gasteiger partial charge in [0, 0.05) is 6.54 Å². The second-order valence-electron chi connectivity index (χ2n) is 6.43. The van der Waals surface area contributed by atoms with Crippen molar-refractivity contribution in [3.05, 3.63) is 0 Å². The van der Waals surface area contributed by atoms with Crippen LogP contribution in [0, 0.1) is 5.92 Å². The van der Waals surface area contributed by atoms with Crippen molar-refractivity contribution in [2.24, 2.45) is 5.92 Å². The summed E-state index contributed by atoms with van der Waals surface area (Å²) in [6.45, 7) is 5.61. The highest BCUT2D eigenvalue weighted by Crippen LogP contribution is 2.21. The summed E-state index contributed by atoms with van der Waals surface area (Å²) in [6.07, 6.45) is -0.583. The van der Waals surface area contributed by atoms with Gasteiger partial charge in [-0.3, -0.25) is 9.59 Å². The molecule has 4 atom stereocenters. The third kappa shape index (κ3) is 5.69. The fraction of sp³-hybridized carbons (Fsp3) is 0.765. The van der Waals surface area contributed by atoms with Crippen LogP contribution in [0.3, 0.4) is 0 Å². The van der Waals surface area contributed by atoms with E-state index >= 15 is 0 Å². The fourth-order valence-electron chi connectivity index (χ4n) is 2.88. The standard InChI is InChI=1S/C17H28N2O7/c1-4-10(3)14(15(22)19-8-6-7-11(19)16(23)24)18-13(21)9-12(20)17(25)26-5-2/h10-12,14,20H,4-9H2,1-3H3,(H,18,21)(H,23,24)/t10-,11-,12+,14-/m0/s1. The molecule has 0 bridgehead atoms. The van der Waals surface area contributed by atoms with Gasteiger partial charge < -0.3 is 25.2 Å². The van der Waals surface area contributed by atoms with Crippen molar-refractivity contribution in [3.8, 4) is 0 Å². The zero-order valence-electron chi connectivity index (χ0n) is 15.4. The number of carboxylic acids is 1. The molecule has 1 rings (SSSR count). The van der Waals surface area contributed by atoms with Crippen LogP contribution in [-0.2, 0) is 23.9 Å². The SMILES string of the molecule is CCOC(=O)[C@H](O)CC(=O)N[C@H](C(=O)N1CCC[C@H]1C(=O)O)[C@@H](C)CC. The molecule has 1 aliphatic rings. The number of carboxylic acid groups (broad SMARTS) is 1. The molecule has 0 unspecified atom stereocenters. The lowest BCUT2D eigenvalue weighted by Gasteiger charge is -2.30. The number of rotatable bonds is 9. The van der Waals surface area contributed by atoms with Gasteiger partial charge in [0.25, 0.3) is 0 Å². The number of carbonyl (C=O) groups excluding carboxylic acids is 3. The second kappa shape index (κ2) is 10.1. The highest BCUT2D eigenvalue weighted by atomic mass is 16.5. The summed E-state index contributed by atoms with van der Waals surface area (Å²) in [7, 11) is 0. The van der Waals surface area contributed by atoms with E-state index in [2.05, 4.69) is 10.1 Å². The van der Waals surface area contributed by atoms with E-state index < -0.39 is 48.4 Å². The average Bonchev–Trinajstić information content (AvgIpc) is 3.08. The number of aliphatic hydroxyl groups is 1. The van der Waals surface area contributed by atoms with Crippen LogP contribution in [-0.4, -0.2) is 70.2 Å². The fourth-order valence-corrected chi connectivity index (χ4v) is 2.88. The molecule has 0 radical (unpaired) electrons. The molecule has 0 spiro atoms. The Hall–Kier alpha value is -2.16. The van der Waals surface area contributed by atoms with E-state index in [1.165, 1.54) is 4.90 Å². The molecule has 1 fully saturated rings. The summed E-state index contributed by atoms with van der Waals surface area (Å²) in [6, 6.07) is -1.81. The van der Waals surface area contributed by atoms with E-state index in [1.807, 2.05) is 6.92 Å². The number of esters is 1. The Kier molecular flexibility index (Phi) is 8.50. The van der Waals surface area contributed by atoms with Crippen molar-refractivity contribution >= 4 is 23.8 Å². The number of hydrogen-bond donors (Lipinski definition) is 3. The van der Waals surface area contributed by atoms with Crippen molar-refractivity contribution in [2.75, 3.05) is 13.2 Å². The number of likely N-dealkylation sites (tertiary alicyclic amines) is 1. The molecule has 3 N–H and O–H groups in total. The largest absolute Gasteiger partial charge is 0.480 e. The molecule has 26 heavy (non-hydrogen) atoms. The van der Waals surface area contributed by atoms with Crippen LogP contribution >= 0.6 is 0 Å². The number of nitrogens with zero attached hydrogens (tertiary/aromatic N) is 1. The minimum absolute atomic E-state index is 0.0804. The quantitative estimate of drug-likeness (QED) is 0.482. The summed E-state index contributed by atoms with van der Waals surface area (Å²) in [5.74, 6) is -3.33. The second-order valence-corrected chi connectivity index (χ2v) is 6.43. The Bertz CT molecular complexity index is 537. The Morgan fingerprint density at radius 2 is 1.92 bits per heavy atom. The highest BCUT2D eigenvalue weighted by Gasteiger charge is 2.39. The molecule has 9 heteroatoms. The van der Waals surface area contributed by atoms with Gasteiger partial charge in [-0.05, 0) is 25.7 Å². The maximum atomic E-state index is 12.8. The lowest BCUT2D eigenvalue weighted by molar-refractivity contribution is -0.155. The number of hydrogen-bond acceptors (Lipinski definition) is 6. The molecular formula is C17H28N2O7. The highest BCUT2D eigenvalue weighted by molar-refractivity contribution is 5.92. The zero-order chi connectivity index (χ0) is 19.9. The number of aliphatic carboxylic acids is 1. The summed E-state index contributed by atoms with van der Waals surface area (Å²) in [4.78, 5) is 49.0. The van der Waals surface area contributed by atoms with Gasteiger partial charge in [-0.25, -0.2) is 9.59 Å². The number of aliphatic hydroxyl groups excluding tert-OH is 1. The Labute approximate surface area is 152 Å². The van der Waals surface area contributed by atoms with E-state index in [4.69, 9.17) is 0 Å². The summed E-state index contributed by atoms with van der Waals surface area (Å²) >= 11 is 0. The Balaban J connectivity index is 2.80. The summed E-state index contributed by atoms with van der Waals surface area (Å²) < 4.78 is 4.64. The summed E-state index contributed by atoms with van der Waals surface area (Å²) in [5.41, 5.74) is 0. The van der Waals surface area contributed by atoms with Crippen LogP contribution < -0.4 is 5.32 Å². The first kappa shape index (κ1) is 21.9. The van der Waals surface area contributed by atoms with E-state index in [9.17, 15) is 29.4 Å². The first-order chi connectivity index (χ1) is 12.2. The van der Waals surface area contributed by atoms with Crippen LogP contribution in [0.2, 0.25) is 0 Å². The van der Waals surface area contributed by atoms with Crippen molar-refractivity contribution in [1.82, 2.24) is 10.2 Å². The van der Waals surface area contributed by atoms with Crippen LogP contribution in [0.5, 0.6) is 0 Å². The van der Waals surface area contributed by atoms with Crippen molar-refractivity contribution < 1.29 is 34.1 Å². The number of carbonyl (C=O) groups is 4. The van der Waals surface area contributed by atoms with Crippen molar-refractivity contribution in [3.63, 3.8) is 0 Å². The first-order valence-corrected chi connectivity index (χ1v) is 8.90. The zero-order valence-corrected chi connectivity index (χ0v) is 15.4. The lowest BCUT2D eigenvalue weighted by Crippen LogP contribution is -2.54. The summed E-state index contributed by atoms with van der Waals surface area (Å²) in [5, 5.41) is 21.5. The van der Waals surface area contributed by atoms with Gasteiger partial charge in [-0.1, -0.05) is 20.3 Å². The molecule has 0 aromatic rings. The number of ether oxygens (including phenoxy) is 1.